The average Bonchev–Trinajstić information content (AvgIpc) is 2.29. The molecule has 1 unspecified atom stereocenters. The van der Waals surface area contributed by atoms with E-state index in [1.165, 1.54) is 6.20 Å². The minimum Gasteiger partial charge on any atom is -0.357 e. The highest BCUT2D eigenvalue weighted by molar-refractivity contribution is 5.42. The molecular formula is C11H19FN4. The van der Waals surface area contributed by atoms with Gasteiger partial charge in [0.15, 0.2) is 11.6 Å². The van der Waals surface area contributed by atoms with E-state index in [9.17, 15) is 4.39 Å². The van der Waals surface area contributed by atoms with Crippen molar-refractivity contribution < 1.29 is 4.39 Å². The predicted molar refractivity (Wildman–Crippen MR) is 64.3 cm³/mol. The van der Waals surface area contributed by atoms with Crippen LogP contribution in [0.2, 0.25) is 0 Å². The number of hydrogen-bond acceptors (Lipinski definition) is 4. The van der Waals surface area contributed by atoms with Crippen molar-refractivity contribution in [3.8, 4) is 0 Å². The number of hydrogen-bond donors (Lipinski definition) is 1. The van der Waals surface area contributed by atoms with Crippen molar-refractivity contribution >= 4 is 11.8 Å². The lowest BCUT2D eigenvalue weighted by atomic mass is 10.1. The minimum absolute atomic E-state index is 0.347. The van der Waals surface area contributed by atoms with E-state index in [-0.39, 0.29) is 5.82 Å². The Bertz CT molecular complexity index is 343. The number of rotatable bonds is 5. The van der Waals surface area contributed by atoms with Crippen molar-refractivity contribution in [2.24, 2.45) is 5.92 Å². The van der Waals surface area contributed by atoms with Crippen molar-refractivity contribution in [2.75, 3.05) is 30.9 Å². The largest absolute Gasteiger partial charge is 0.357 e. The summed E-state index contributed by atoms with van der Waals surface area (Å²) in [6.45, 7) is 5.04. The lowest BCUT2D eigenvalue weighted by Crippen LogP contribution is -2.26. The fourth-order valence-corrected chi connectivity index (χ4v) is 1.43. The summed E-state index contributed by atoms with van der Waals surface area (Å²) in [7, 11) is 3.56. The van der Waals surface area contributed by atoms with Crippen molar-refractivity contribution in [3.05, 3.63) is 12.0 Å². The number of halogens is 1. The molecule has 1 rings (SSSR count). The second-order valence-corrected chi connectivity index (χ2v) is 4.01. The van der Waals surface area contributed by atoms with Gasteiger partial charge in [-0.15, -0.1) is 0 Å². The third kappa shape index (κ3) is 3.05. The normalized spacial score (nSPS) is 12.3. The number of anilines is 2. The van der Waals surface area contributed by atoms with E-state index in [0.717, 1.165) is 13.0 Å². The highest BCUT2D eigenvalue weighted by Crippen LogP contribution is 2.17. The van der Waals surface area contributed by atoms with E-state index in [1.807, 2.05) is 11.9 Å². The van der Waals surface area contributed by atoms with Crippen LogP contribution in [0.25, 0.3) is 0 Å². The molecule has 4 nitrogen and oxygen atoms in total. The number of nitrogens with zero attached hydrogens (tertiary/aromatic N) is 3. The molecule has 0 bridgehead atoms. The molecule has 0 saturated heterocycles. The van der Waals surface area contributed by atoms with Crippen LogP contribution in [0.3, 0.4) is 0 Å². The van der Waals surface area contributed by atoms with E-state index >= 15 is 0 Å². The Morgan fingerprint density at radius 3 is 2.81 bits per heavy atom. The maximum atomic E-state index is 13.5. The van der Waals surface area contributed by atoms with E-state index in [0.29, 0.717) is 17.7 Å². The first-order chi connectivity index (χ1) is 7.58. The van der Waals surface area contributed by atoms with Crippen LogP contribution in [0.4, 0.5) is 16.2 Å². The number of aromatic nitrogens is 2. The summed E-state index contributed by atoms with van der Waals surface area (Å²) < 4.78 is 13.5. The van der Waals surface area contributed by atoms with Gasteiger partial charge in [-0.1, -0.05) is 20.3 Å². The van der Waals surface area contributed by atoms with E-state index in [1.54, 1.807) is 7.05 Å². The molecule has 0 aromatic carbocycles. The molecule has 0 saturated carbocycles. The van der Waals surface area contributed by atoms with Crippen LogP contribution in [-0.2, 0) is 0 Å². The Labute approximate surface area is 95.9 Å². The van der Waals surface area contributed by atoms with Gasteiger partial charge in [0.05, 0.1) is 6.20 Å². The summed E-state index contributed by atoms with van der Waals surface area (Å²) in [5, 5.41) is 2.80. The molecule has 1 N–H and O–H groups in total. The van der Waals surface area contributed by atoms with E-state index in [4.69, 9.17) is 0 Å². The molecule has 0 aliphatic heterocycles. The van der Waals surface area contributed by atoms with Gasteiger partial charge in [-0.3, -0.25) is 0 Å². The van der Waals surface area contributed by atoms with Crippen LogP contribution in [0.15, 0.2) is 6.20 Å². The van der Waals surface area contributed by atoms with Crippen LogP contribution >= 0.6 is 0 Å². The summed E-state index contributed by atoms with van der Waals surface area (Å²) >= 11 is 0. The van der Waals surface area contributed by atoms with Gasteiger partial charge >= 0.3 is 0 Å². The van der Waals surface area contributed by atoms with Crippen molar-refractivity contribution in [1.29, 1.82) is 0 Å². The molecule has 1 heterocycles. The molecule has 1 aromatic heterocycles. The Morgan fingerprint density at radius 1 is 1.56 bits per heavy atom. The zero-order valence-electron chi connectivity index (χ0n) is 10.3. The zero-order valence-corrected chi connectivity index (χ0v) is 10.3. The smallest absolute Gasteiger partial charge is 0.224 e. The van der Waals surface area contributed by atoms with Crippen LogP contribution in [0, 0.1) is 11.7 Å². The molecule has 0 aliphatic carbocycles. The first kappa shape index (κ1) is 12.7. The predicted octanol–water partition coefficient (Wildman–Crippen LogP) is 2.14. The fourth-order valence-electron chi connectivity index (χ4n) is 1.43. The van der Waals surface area contributed by atoms with Gasteiger partial charge in [0.25, 0.3) is 0 Å². The van der Waals surface area contributed by atoms with Crippen LogP contribution in [0.5, 0.6) is 0 Å². The van der Waals surface area contributed by atoms with Crippen LogP contribution in [-0.4, -0.2) is 30.6 Å². The standard InChI is InChI=1S/C11H19FN4/c1-5-8(2)7-16(4)10-9(12)6-14-11(13-3)15-10/h6,8H,5,7H2,1-4H3,(H,13,14,15). The Hall–Kier alpha value is -1.39. The second kappa shape index (κ2) is 5.63. The quantitative estimate of drug-likeness (QED) is 0.835. The molecule has 90 valence electrons. The van der Waals surface area contributed by atoms with Crippen molar-refractivity contribution in [3.63, 3.8) is 0 Å². The summed E-state index contributed by atoms with van der Waals surface area (Å²) in [4.78, 5) is 9.75. The third-order valence-corrected chi connectivity index (χ3v) is 2.59. The minimum atomic E-state index is -0.384. The van der Waals surface area contributed by atoms with Gasteiger partial charge in [-0.2, -0.15) is 4.98 Å². The first-order valence-electron chi connectivity index (χ1n) is 5.49. The summed E-state index contributed by atoms with van der Waals surface area (Å²) in [6, 6.07) is 0. The van der Waals surface area contributed by atoms with Crippen LogP contribution in [0.1, 0.15) is 20.3 Å². The highest BCUT2D eigenvalue weighted by Gasteiger charge is 2.13. The Morgan fingerprint density at radius 2 is 2.25 bits per heavy atom. The molecule has 1 aromatic rings. The summed E-state index contributed by atoms with van der Waals surface area (Å²) in [5.41, 5.74) is 0. The van der Waals surface area contributed by atoms with Gasteiger partial charge in [-0.25, -0.2) is 9.37 Å². The molecular weight excluding hydrogens is 207 g/mol. The Kier molecular flexibility index (Phi) is 4.46. The highest BCUT2D eigenvalue weighted by atomic mass is 19.1. The van der Waals surface area contributed by atoms with Crippen molar-refractivity contribution in [2.45, 2.75) is 20.3 Å². The molecule has 0 spiro atoms. The van der Waals surface area contributed by atoms with Crippen LogP contribution < -0.4 is 10.2 Å². The molecule has 0 radical (unpaired) electrons. The summed E-state index contributed by atoms with van der Waals surface area (Å²) in [6.07, 6.45) is 2.26. The van der Waals surface area contributed by atoms with Gasteiger partial charge in [0.2, 0.25) is 5.95 Å². The van der Waals surface area contributed by atoms with E-state index in [2.05, 4.69) is 29.1 Å². The van der Waals surface area contributed by atoms with Gasteiger partial charge in [-0.05, 0) is 5.92 Å². The van der Waals surface area contributed by atoms with Crippen molar-refractivity contribution in [1.82, 2.24) is 9.97 Å². The molecule has 16 heavy (non-hydrogen) atoms. The van der Waals surface area contributed by atoms with Gasteiger partial charge < -0.3 is 10.2 Å². The third-order valence-electron chi connectivity index (χ3n) is 2.59. The molecule has 0 aliphatic rings. The Balaban J connectivity index is 2.84. The maximum absolute atomic E-state index is 13.5. The molecule has 5 heteroatoms. The SMILES string of the molecule is CCC(C)CN(C)c1nc(NC)ncc1F. The topological polar surface area (TPSA) is 41.1 Å². The second-order valence-electron chi connectivity index (χ2n) is 4.01. The maximum Gasteiger partial charge on any atom is 0.224 e. The first-order valence-corrected chi connectivity index (χ1v) is 5.49. The molecule has 0 amide bonds. The zero-order chi connectivity index (χ0) is 12.1. The summed E-state index contributed by atoms with van der Waals surface area (Å²) in [5.74, 6) is 0.911. The fraction of sp³-hybridized carbons (Fsp3) is 0.636. The van der Waals surface area contributed by atoms with Gasteiger partial charge in [0.1, 0.15) is 0 Å². The lowest BCUT2D eigenvalue weighted by Gasteiger charge is -2.22. The monoisotopic (exact) mass is 226 g/mol. The molecule has 1 atom stereocenters. The lowest BCUT2D eigenvalue weighted by molar-refractivity contribution is 0.544. The molecule has 0 fully saturated rings. The average molecular weight is 226 g/mol. The van der Waals surface area contributed by atoms with E-state index < -0.39 is 0 Å². The number of nitrogens with one attached hydrogen (secondary N) is 1. The van der Waals surface area contributed by atoms with Gasteiger partial charge in [0, 0.05) is 20.6 Å².